The summed E-state index contributed by atoms with van der Waals surface area (Å²) in [6.07, 6.45) is 3.27. The summed E-state index contributed by atoms with van der Waals surface area (Å²) in [5.74, 6) is 0. The second-order valence-corrected chi connectivity index (χ2v) is 4.76. The highest BCUT2D eigenvalue weighted by Gasteiger charge is 2.18. The second-order valence-electron chi connectivity index (χ2n) is 3.98. The summed E-state index contributed by atoms with van der Waals surface area (Å²) in [6.45, 7) is 3.08. The summed E-state index contributed by atoms with van der Waals surface area (Å²) in [5.41, 5.74) is 1.45. The molecule has 1 aliphatic heterocycles. The topological polar surface area (TPSA) is 23.5 Å². The summed E-state index contributed by atoms with van der Waals surface area (Å²) >= 11 is 1.77. The number of aliphatic hydroxyl groups is 1. The van der Waals surface area contributed by atoms with Gasteiger partial charge in [0.1, 0.15) is 0 Å². The molecule has 1 aliphatic rings. The Bertz CT molecular complexity index is 260. The molecule has 2 rings (SSSR count). The molecule has 2 nitrogen and oxygen atoms in total. The third-order valence-corrected chi connectivity index (χ3v) is 3.50. The molecule has 1 N–H and O–H groups in total. The van der Waals surface area contributed by atoms with Gasteiger partial charge in [-0.05, 0) is 48.2 Å². The molecule has 3 heteroatoms. The van der Waals surface area contributed by atoms with Crippen LogP contribution in [0.4, 0.5) is 0 Å². The quantitative estimate of drug-likeness (QED) is 0.820. The third-order valence-electron chi connectivity index (χ3n) is 2.77. The zero-order valence-electron chi connectivity index (χ0n) is 8.35. The van der Waals surface area contributed by atoms with Gasteiger partial charge in [0, 0.05) is 13.1 Å². The number of hydrogen-bond acceptors (Lipinski definition) is 3. The normalized spacial score (nSPS) is 23.1. The molecule has 0 saturated carbocycles. The van der Waals surface area contributed by atoms with Crippen LogP contribution in [-0.4, -0.2) is 35.7 Å². The van der Waals surface area contributed by atoms with Crippen molar-refractivity contribution in [3.63, 3.8) is 0 Å². The molecule has 1 fully saturated rings. The minimum Gasteiger partial charge on any atom is -0.392 e. The summed E-state index contributed by atoms with van der Waals surface area (Å²) in [5, 5.41) is 13.7. The van der Waals surface area contributed by atoms with E-state index in [0.717, 1.165) is 26.1 Å². The molecule has 2 heterocycles. The van der Waals surface area contributed by atoms with Gasteiger partial charge in [-0.25, -0.2) is 0 Å². The van der Waals surface area contributed by atoms with E-state index in [-0.39, 0.29) is 6.10 Å². The van der Waals surface area contributed by atoms with Crippen molar-refractivity contribution in [2.45, 2.75) is 25.4 Å². The molecule has 0 aromatic carbocycles. The maximum Gasteiger partial charge on any atom is 0.0679 e. The maximum absolute atomic E-state index is 9.34. The first-order valence-electron chi connectivity index (χ1n) is 5.26. The van der Waals surface area contributed by atoms with Crippen molar-refractivity contribution in [1.29, 1.82) is 0 Å². The molecule has 0 aliphatic carbocycles. The number of likely N-dealkylation sites (tertiary alicyclic amines) is 1. The molecule has 1 saturated heterocycles. The first-order chi connectivity index (χ1) is 6.84. The molecule has 0 amide bonds. The van der Waals surface area contributed by atoms with E-state index >= 15 is 0 Å². The zero-order valence-corrected chi connectivity index (χ0v) is 9.17. The average Bonchev–Trinajstić information content (AvgIpc) is 2.77. The van der Waals surface area contributed by atoms with Gasteiger partial charge in [0.05, 0.1) is 6.10 Å². The van der Waals surface area contributed by atoms with Gasteiger partial charge in [0.15, 0.2) is 0 Å². The van der Waals surface area contributed by atoms with Crippen molar-refractivity contribution in [2.24, 2.45) is 0 Å². The molecule has 0 radical (unpaired) electrons. The monoisotopic (exact) mass is 211 g/mol. The fourth-order valence-electron chi connectivity index (χ4n) is 1.96. The Balaban J connectivity index is 1.64. The van der Waals surface area contributed by atoms with Crippen LogP contribution in [-0.2, 0) is 6.42 Å². The van der Waals surface area contributed by atoms with Crippen molar-refractivity contribution in [3.8, 4) is 0 Å². The van der Waals surface area contributed by atoms with E-state index in [2.05, 4.69) is 21.7 Å². The first-order valence-corrected chi connectivity index (χ1v) is 6.20. The lowest BCUT2D eigenvalue weighted by molar-refractivity contribution is 0.176. The zero-order chi connectivity index (χ0) is 9.80. The summed E-state index contributed by atoms with van der Waals surface area (Å²) in [4.78, 5) is 2.36. The molecule has 1 aromatic rings. The van der Waals surface area contributed by atoms with E-state index in [1.54, 1.807) is 11.3 Å². The number of aryl methyl sites for hydroxylation is 1. The van der Waals surface area contributed by atoms with Crippen LogP contribution in [0.5, 0.6) is 0 Å². The second kappa shape index (κ2) is 4.91. The van der Waals surface area contributed by atoms with Crippen LogP contribution in [0.15, 0.2) is 16.8 Å². The number of hydrogen-bond donors (Lipinski definition) is 1. The number of thiophene rings is 1. The van der Waals surface area contributed by atoms with Gasteiger partial charge >= 0.3 is 0 Å². The molecule has 0 unspecified atom stereocenters. The fourth-order valence-corrected chi connectivity index (χ4v) is 2.66. The van der Waals surface area contributed by atoms with Gasteiger partial charge < -0.3 is 10.0 Å². The van der Waals surface area contributed by atoms with Crippen molar-refractivity contribution < 1.29 is 5.11 Å². The minimum atomic E-state index is -0.0730. The van der Waals surface area contributed by atoms with E-state index in [1.165, 1.54) is 18.4 Å². The predicted octanol–water partition coefficient (Wildman–Crippen LogP) is 1.75. The number of β-amino-alcohol motifs (C(OH)–C–C–N with tert-alkyl or cyclic N) is 1. The Hall–Kier alpha value is -0.380. The fraction of sp³-hybridized carbons (Fsp3) is 0.636. The van der Waals surface area contributed by atoms with Gasteiger partial charge in [0.25, 0.3) is 0 Å². The molecular formula is C11H17NOS. The van der Waals surface area contributed by atoms with Crippen molar-refractivity contribution in [3.05, 3.63) is 22.4 Å². The predicted molar refractivity (Wildman–Crippen MR) is 59.7 cm³/mol. The molecular weight excluding hydrogens is 194 g/mol. The van der Waals surface area contributed by atoms with Crippen molar-refractivity contribution in [1.82, 2.24) is 4.90 Å². The summed E-state index contributed by atoms with van der Waals surface area (Å²) < 4.78 is 0. The molecule has 14 heavy (non-hydrogen) atoms. The molecule has 1 aromatic heterocycles. The standard InChI is InChI=1S/C11H17NOS/c13-11-3-6-12(8-11)5-1-2-10-4-7-14-9-10/h4,7,9,11,13H,1-3,5-6,8H2/t11-/m1/s1. The Kier molecular flexibility index (Phi) is 3.56. The molecule has 1 atom stereocenters. The van der Waals surface area contributed by atoms with Crippen LogP contribution >= 0.6 is 11.3 Å². The van der Waals surface area contributed by atoms with Crippen molar-refractivity contribution >= 4 is 11.3 Å². The van der Waals surface area contributed by atoms with Crippen LogP contribution in [0.25, 0.3) is 0 Å². The van der Waals surface area contributed by atoms with Gasteiger partial charge in [-0.2, -0.15) is 11.3 Å². The largest absolute Gasteiger partial charge is 0.392 e. The van der Waals surface area contributed by atoms with Gasteiger partial charge in [-0.1, -0.05) is 0 Å². The molecule has 78 valence electrons. The lowest BCUT2D eigenvalue weighted by Gasteiger charge is -2.13. The van der Waals surface area contributed by atoms with Crippen LogP contribution in [0.3, 0.4) is 0 Å². The Morgan fingerprint density at radius 2 is 2.50 bits per heavy atom. The lowest BCUT2D eigenvalue weighted by Crippen LogP contribution is -2.23. The SMILES string of the molecule is O[C@@H]1CCN(CCCc2ccsc2)C1. The highest BCUT2D eigenvalue weighted by atomic mass is 32.1. The Labute approximate surface area is 89.2 Å². The Morgan fingerprint density at radius 1 is 1.57 bits per heavy atom. The van der Waals surface area contributed by atoms with Crippen molar-refractivity contribution in [2.75, 3.05) is 19.6 Å². The minimum absolute atomic E-state index is 0.0730. The average molecular weight is 211 g/mol. The van der Waals surface area contributed by atoms with E-state index < -0.39 is 0 Å². The smallest absolute Gasteiger partial charge is 0.0679 e. The van der Waals surface area contributed by atoms with E-state index in [1.807, 2.05) is 0 Å². The summed E-state index contributed by atoms with van der Waals surface area (Å²) in [7, 11) is 0. The Morgan fingerprint density at radius 3 is 3.14 bits per heavy atom. The third kappa shape index (κ3) is 2.80. The van der Waals surface area contributed by atoms with E-state index in [0.29, 0.717) is 0 Å². The number of nitrogens with zero attached hydrogens (tertiary/aromatic N) is 1. The molecule has 0 bridgehead atoms. The van der Waals surface area contributed by atoms with Crippen LogP contribution in [0.2, 0.25) is 0 Å². The highest BCUT2D eigenvalue weighted by Crippen LogP contribution is 2.12. The maximum atomic E-state index is 9.34. The van der Waals surface area contributed by atoms with Gasteiger partial charge in [0.2, 0.25) is 0 Å². The molecule has 0 spiro atoms. The highest BCUT2D eigenvalue weighted by molar-refractivity contribution is 7.07. The van der Waals surface area contributed by atoms with Crippen LogP contribution < -0.4 is 0 Å². The van der Waals surface area contributed by atoms with Crippen LogP contribution in [0, 0.1) is 0 Å². The summed E-state index contributed by atoms with van der Waals surface area (Å²) in [6, 6.07) is 2.20. The van der Waals surface area contributed by atoms with Gasteiger partial charge in [-0.15, -0.1) is 0 Å². The van der Waals surface area contributed by atoms with E-state index in [9.17, 15) is 5.11 Å². The number of aliphatic hydroxyl groups excluding tert-OH is 1. The first kappa shape index (κ1) is 10.1. The number of rotatable bonds is 4. The van der Waals surface area contributed by atoms with Gasteiger partial charge in [-0.3, -0.25) is 0 Å². The van der Waals surface area contributed by atoms with E-state index in [4.69, 9.17) is 0 Å². The lowest BCUT2D eigenvalue weighted by atomic mass is 10.2. The van der Waals surface area contributed by atoms with Crippen LogP contribution in [0.1, 0.15) is 18.4 Å².